The van der Waals surface area contributed by atoms with Gasteiger partial charge in [-0.25, -0.2) is 0 Å². The molecule has 6 nitrogen and oxygen atoms in total. The van der Waals surface area contributed by atoms with Crippen molar-refractivity contribution >= 4 is 23.4 Å². The maximum Gasteiger partial charge on any atom is 0.253 e. The van der Waals surface area contributed by atoms with E-state index in [1.807, 2.05) is 12.1 Å². The van der Waals surface area contributed by atoms with Gasteiger partial charge in [0.25, 0.3) is 5.91 Å². The monoisotopic (exact) mass is 330 g/mol. The van der Waals surface area contributed by atoms with Crippen molar-refractivity contribution in [3.8, 4) is 0 Å². The van der Waals surface area contributed by atoms with Crippen LogP contribution in [-0.4, -0.2) is 35.3 Å². The summed E-state index contributed by atoms with van der Waals surface area (Å²) in [6.07, 6.45) is 2.50. The Bertz CT molecular complexity index is 621. The molecule has 3 amide bonds. The van der Waals surface area contributed by atoms with E-state index < -0.39 is 6.10 Å². The third-order valence-corrected chi connectivity index (χ3v) is 4.37. The number of hydrogen-bond donors (Lipinski definition) is 1. The molecule has 1 N–H and O–H groups in total. The second-order valence-corrected chi connectivity index (χ2v) is 6.48. The summed E-state index contributed by atoms with van der Waals surface area (Å²) in [7, 11) is 0. The summed E-state index contributed by atoms with van der Waals surface area (Å²) >= 11 is 0. The Morgan fingerprint density at radius 1 is 1.21 bits per heavy atom. The van der Waals surface area contributed by atoms with Crippen LogP contribution in [-0.2, 0) is 25.7 Å². The molecule has 1 atom stereocenters. The van der Waals surface area contributed by atoms with Crippen molar-refractivity contribution in [1.82, 2.24) is 4.90 Å². The van der Waals surface area contributed by atoms with Crippen molar-refractivity contribution in [1.29, 1.82) is 0 Å². The van der Waals surface area contributed by atoms with E-state index in [1.165, 1.54) is 17.7 Å². The highest BCUT2D eigenvalue weighted by molar-refractivity contribution is 6.01. The maximum absolute atomic E-state index is 12.1. The normalized spacial score (nSPS) is 18.8. The lowest BCUT2D eigenvalue weighted by Crippen LogP contribution is -2.29. The molecule has 1 aliphatic carbocycles. The Hall–Kier alpha value is -2.21. The van der Waals surface area contributed by atoms with Gasteiger partial charge >= 0.3 is 0 Å². The number of carbonyl (C=O) groups is 3. The first-order valence-corrected chi connectivity index (χ1v) is 8.37. The molecular formula is C18H22N2O4. The fourth-order valence-corrected chi connectivity index (χ4v) is 2.56. The molecular weight excluding hydrogens is 308 g/mol. The van der Waals surface area contributed by atoms with Crippen LogP contribution in [0, 0.1) is 5.92 Å². The lowest BCUT2D eigenvalue weighted by Gasteiger charge is -2.15. The minimum Gasteiger partial charge on any atom is -0.368 e. The molecule has 1 heterocycles. The fraction of sp³-hybridized carbons (Fsp3) is 0.500. The molecule has 1 unspecified atom stereocenters. The average Bonchev–Trinajstić information content (AvgIpc) is 3.35. The molecule has 6 heteroatoms. The molecule has 0 aromatic heterocycles. The first-order valence-electron chi connectivity index (χ1n) is 8.37. The number of carbonyl (C=O) groups excluding carboxylic acids is 3. The van der Waals surface area contributed by atoms with E-state index in [9.17, 15) is 14.4 Å². The van der Waals surface area contributed by atoms with Crippen LogP contribution in [0.1, 0.15) is 38.2 Å². The average molecular weight is 330 g/mol. The largest absolute Gasteiger partial charge is 0.368 e. The number of ether oxygens (including phenoxy) is 1. The van der Waals surface area contributed by atoms with Gasteiger partial charge in [-0.1, -0.05) is 12.1 Å². The lowest BCUT2D eigenvalue weighted by molar-refractivity contribution is -0.139. The highest BCUT2D eigenvalue weighted by Crippen LogP contribution is 2.29. The molecule has 0 bridgehead atoms. The molecule has 1 aromatic carbocycles. The summed E-state index contributed by atoms with van der Waals surface area (Å²) in [5, 5.41) is 2.81. The van der Waals surface area contributed by atoms with Crippen molar-refractivity contribution in [3.63, 3.8) is 0 Å². The van der Waals surface area contributed by atoms with Gasteiger partial charge in [0.05, 0.1) is 13.2 Å². The number of benzene rings is 1. The zero-order valence-corrected chi connectivity index (χ0v) is 13.8. The zero-order valence-electron chi connectivity index (χ0n) is 13.8. The Kier molecular flexibility index (Phi) is 4.94. The lowest BCUT2D eigenvalue weighted by atomic mass is 10.2. The summed E-state index contributed by atoms with van der Waals surface area (Å²) in [5.41, 5.74) is 1.53. The number of nitrogens with one attached hydrogen (secondary N) is 1. The van der Waals surface area contributed by atoms with E-state index in [4.69, 9.17) is 4.74 Å². The van der Waals surface area contributed by atoms with Crippen LogP contribution < -0.4 is 5.32 Å². The van der Waals surface area contributed by atoms with Crippen LogP contribution in [0.3, 0.4) is 0 Å². The predicted molar refractivity (Wildman–Crippen MR) is 88.0 cm³/mol. The van der Waals surface area contributed by atoms with E-state index in [-0.39, 0.29) is 24.3 Å². The molecule has 1 aliphatic heterocycles. The second-order valence-electron chi connectivity index (χ2n) is 6.48. The van der Waals surface area contributed by atoms with E-state index in [1.54, 1.807) is 19.1 Å². The number of rotatable bonds is 7. The van der Waals surface area contributed by atoms with Gasteiger partial charge in [-0.2, -0.15) is 0 Å². The third kappa shape index (κ3) is 4.20. The molecule has 2 aliphatic rings. The van der Waals surface area contributed by atoms with Gasteiger partial charge in [0.2, 0.25) is 11.8 Å². The number of hydrogen-bond acceptors (Lipinski definition) is 4. The topological polar surface area (TPSA) is 75.7 Å². The Morgan fingerprint density at radius 3 is 2.42 bits per heavy atom. The van der Waals surface area contributed by atoms with Crippen molar-refractivity contribution in [2.24, 2.45) is 5.92 Å². The van der Waals surface area contributed by atoms with Crippen molar-refractivity contribution in [2.45, 2.75) is 45.3 Å². The van der Waals surface area contributed by atoms with Crippen LogP contribution in [0.15, 0.2) is 24.3 Å². The molecule has 1 saturated heterocycles. The van der Waals surface area contributed by atoms with Crippen molar-refractivity contribution < 1.29 is 19.1 Å². The van der Waals surface area contributed by atoms with Crippen molar-refractivity contribution in [2.75, 3.05) is 11.9 Å². The van der Waals surface area contributed by atoms with E-state index in [0.717, 1.165) is 5.56 Å². The van der Waals surface area contributed by atoms with E-state index in [2.05, 4.69) is 5.32 Å². The zero-order chi connectivity index (χ0) is 17.1. The van der Waals surface area contributed by atoms with Gasteiger partial charge in [-0.05, 0) is 43.4 Å². The smallest absolute Gasteiger partial charge is 0.253 e. The summed E-state index contributed by atoms with van der Waals surface area (Å²) in [6, 6.07) is 7.16. The first-order chi connectivity index (χ1) is 11.5. The number of imide groups is 1. The fourth-order valence-electron chi connectivity index (χ4n) is 2.56. The SMILES string of the molecule is CC(OCC1CC1)C(=O)Nc1ccc(CN2C(=O)CCC2=O)cc1. The second kappa shape index (κ2) is 7.13. The van der Waals surface area contributed by atoms with Crippen LogP contribution in [0.2, 0.25) is 0 Å². The highest BCUT2D eigenvalue weighted by Gasteiger charge is 2.28. The van der Waals surface area contributed by atoms with Crippen LogP contribution in [0.5, 0.6) is 0 Å². The summed E-state index contributed by atoms with van der Waals surface area (Å²) in [4.78, 5) is 36.6. The number of anilines is 1. The number of amides is 3. The summed E-state index contributed by atoms with van der Waals surface area (Å²) in [5.74, 6) is 0.196. The Morgan fingerprint density at radius 2 is 1.83 bits per heavy atom. The number of nitrogens with zero attached hydrogens (tertiary/aromatic N) is 1. The maximum atomic E-state index is 12.1. The first kappa shape index (κ1) is 16.6. The van der Waals surface area contributed by atoms with Crippen LogP contribution >= 0.6 is 0 Å². The minimum atomic E-state index is -0.481. The van der Waals surface area contributed by atoms with Gasteiger partial charge in [0.1, 0.15) is 6.10 Å². The predicted octanol–water partition coefficient (Wildman–Crippen LogP) is 2.09. The van der Waals surface area contributed by atoms with E-state index in [0.29, 0.717) is 31.1 Å². The summed E-state index contributed by atoms with van der Waals surface area (Å²) < 4.78 is 5.54. The van der Waals surface area contributed by atoms with Gasteiger partial charge in [0, 0.05) is 18.5 Å². The molecule has 1 saturated carbocycles. The molecule has 24 heavy (non-hydrogen) atoms. The molecule has 1 aromatic rings. The van der Waals surface area contributed by atoms with Crippen molar-refractivity contribution in [3.05, 3.63) is 29.8 Å². The van der Waals surface area contributed by atoms with Gasteiger partial charge in [-0.3, -0.25) is 19.3 Å². The molecule has 128 valence electrons. The van der Waals surface area contributed by atoms with Crippen LogP contribution in [0.4, 0.5) is 5.69 Å². The highest BCUT2D eigenvalue weighted by atomic mass is 16.5. The number of likely N-dealkylation sites (tertiary alicyclic amines) is 1. The van der Waals surface area contributed by atoms with Gasteiger partial charge in [-0.15, -0.1) is 0 Å². The molecule has 0 radical (unpaired) electrons. The Balaban J connectivity index is 1.51. The van der Waals surface area contributed by atoms with Gasteiger partial charge in [0.15, 0.2) is 0 Å². The molecule has 2 fully saturated rings. The van der Waals surface area contributed by atoms with E-state index >= 15 is 0 Å². The standard InChI is InChI=1S/C18H22N2O4/c1-12(24-11-14-2-3-14)18(23)19-15-6-4-13(5-7-15)10-20-16(21)8-9-17(20)22/h4-7,12,14H,2-3,8-11H2,1H3,(H,19,23). The quantitative estimate of drug-likeness (QED) is 0.777. The van der Waals surface area contributed by atoms with Gasteiger partial charge < -0.3 is 10.1 Å². The summed E-state index contributed by atoms with van der Waals surface area (Å²) in [6.45, 7) is 2.68. The minimum absolute atomic E-state index is 0.126. The van der Waals surface area contributed by atoms with Crippen LogP contribution in [0.25, 0.3) is 0 Å². The molecule has 3 rings (SSSR count). The Labute approximate surface area is 141 Å². The molecule has 0 spiro atoms. The third-order valence-electron chi connectivity index (χ3n) is 4.37.